The Kier molecular flexibility index (Phi) is 27.6. The first kappa shape index (κ1) is 91.6. The van der Waals surface area contributed by atoms with Crippen LogP contribution in [0, 0.1) is 35.5 Å². The Morgan fingerprint density at radius 2 is 1.00 bits per heavy atom. The van der Waals surface area contributed by atoms with Crippen molar-refractivity contribution in [2.75, 3.05) is 45.4 Å². The number of amides is 4. The van der Waals surface area contributed by atoms with Gasteiger partial charge in [-0.05, 0) is 228 Å². The first-order chi connectivity index (χ1) is 53.4. The van der Waals surface area contributed by atoms with Gasteiger partial charge in [-0.15, -0.1) is 0 Å². The van der Waals surface area contributed by atoms with Crippen LogP contribution in [0.2, 0.25) is 5.15 Å². The third-order valence-corrected chi connectivity index (χ3v) is 26.4. The number of rotatable bonds is 11. The number of carbonyl (C=O) groups is 4. The van der Waals surface area contributed by atoms with Crippen LogP contribution in [0.25, 0.3) is 0 Å². The van der Waals surface area contributed by atoms with E-state index in [0.29, 0.717) is 70.9 Å². The van der Waals surface area contributed by atoms with Gasteiger partial charge in [0.2, 0.25) is 0 Å². The Hall–Kier alpha value is -8.28. The van der Waals surface area contributed by atoms with E-state index in [1.54, 1.807) is 54.6 Å². The van der Waals surface area contributed by atoms with Crippen molar-refractivity contribution in [3.8, 4) is 0 Å². The smallest absolute Gasteiger partial charge is 0.410 e. The molecule has 26 nitrogen and oxygen atoms in total. The number of nitrogens with one attached hydrogen (secondary N) is 6. The number of halogens is 1. The average molecular weight is 1680 g/mol. The zero-order valence-corrected chi connectivity index (χ0v) is 75.7. The van der Waals surface area contributed by atoms with Crippen LogP contribution < -0.4 is 39.9 Å². The van der Waals surface area contributed by atoms with Crippen molar-refractivity contribution in [1.29, 1.82) is 0 Å². The molecule has 0 radical (unpaired) electrons. The van der Waals surface area contributed by atoms with Crippen LogP contribution in [0.5, 0.6) is 0 Å². The lowest BCUT2D eigenvalue weighted by molar-refractivity contribution is 0.0130. The largest absolute Gasteiger partial charge is 0.444 e. The molecule has 11 rings (SSSR count). The standard InChI is InChI=1S/C32H48ClN5O5S.2C27H39N5O3S/c1-20(2)23(16-14-21-18-32(9,10)38(19-21)29(40)43-31(6,7)8)34-25-12-11-13-26(36-25)44(41,42)37-28(39)22-15-17-24(30(3,4)5)35-27(22)33;2*1-17(2)20-13-11-18-15-27(6,7)32(16-18)24-19(12-14-21(29-24)26(3,4)5)25(33)31-36(34,35)23-10-8-9-22(28-20)30-23/h11-13,15,17,20-21,23H,14,16,18-19H2,1-10H3,(H,34,36)(H,37,39);2*8-10,12,14,17-18,20H,11,13,15-16H2,1-7H3,(H,28,30)(H,31,33)/t21-,23?;2*18-,20?/m000/s1. The molecule has 11 heterocycles. The summed E-state index contributed by atoms with van der Waals surface area (Å²) < 4.78 is 91.2. The number of anilines is 5. The highest BCUT2D eigenvalue weighted by atomic mass is 35.5. The Balaban J connectivity index is 0.000000200. The molecular weight excluding hydrogens is 1550 g/mol. The van der Waals surface area contributed by atoms with Crippen LogP contribution in [0.15, 0.2) is 106 Å². The molecular formula is C86H126ClN15O11S3. The van der Waals surface area contributed by atoms with Gasteiger partial charge in [0, 0.05) is 87.7 Å². The maximum absolute atomic E-state index is 13.4. The van der Waals surface area contributed by atoms with Gasteiger partial charge in [-0.25, -0.2) is 48.9 Å². The summed E-state index contributed by atoms with van der Waals surface area (Å²) in [7, 11) is -12.7. The highest BCUT2D eigenvalue weighted by Crippen LogP contribution is 2.44. The maximum Gasteiger partial charge on any atom is 0.410 e. The third kappa shape index (κ3) is 23.0. The van der Waals surface area contributed by atoms with Crippen molar-refractivity contribution in [3.63, 3.8) is 0 Å². The fourth-order valence-corrected chi connectivity index (χ4v) is 18.8. The predicted octanol–water partition coefficient (Wildman–Crippen LogP) is 16.3. The second kappa shape index (κ2) is 35.0. The van der Waals surface area contributed by atoms with E-state index in [-0.39, 0.29) is 99.9 Å². The number of aromatic nitrogens is 6. The quantitative estimate of drug-likeness (QED) is 0.0656. The molecule has 116 heavy (non-hydrogen) atoms. The molecule has 6 N–H and O–H groups in total. The molecule has 5 aliphatic rings. The van der Waals surface area contributed by atoms with Gasteiger partial charge >= 0.3 is 6.09 Å². The van der Waals surface area contributed by atoms with Crippen LogP contribution in [-0.2, 0) is 51.1 Å². The van der Waals surface area contributed by atoms with E-state index in [4.69, 9.17) is 26.3 Å². The minimum atomic E-state index is -4.29. The number of hydrogen-bond acceptors (Lipinski definition) is 22. The highest BCUT2D eigenvalue weighted by Gasteiger charge is 2.46. The molecule has 0 spiro atoms. The van der Waals surface area contributed by atoms with Crippen molar-refractivity contribution >= 4 is 94.6 Å². The van der Waals surface area contributed by atoms with Crippen molar-refractivity contribution in [2.45, 2.75) is 296 Å². The predicted molar refractivity (Wildman–Crippen MR) is 459 cm³/mol. The number of fused-ring (bicyclic) bond motifs is 12. The summed E-state index contributed by atoms with van der Waals surface area (Å²) in [6.07, 6.45) is 8.05. The summed E-state index contributed by atoms with van der Waals surface area (Å²) in [4.78, 5) is 86.0. The number of hydrogen-bond donors (Lipinski definition) is 6. The lowest BCUT2D eigenvalue weighted by atomic mass is 9.89. The number of sulfonamides is 3. The van der Waals surface area contributed by atoms with Gasteiger partial charge in [-0.3, -0.25) is 14.4 Å². The zero-order valence-electron chi connectivity index (χ0n) is 72.5. The monoisotopic (exact) mass is 1680 g/mol. The number of ether oxygens (including phenoxy) is 1. The minimum absolute atomic E-state index is 0.0000500. The lowest BCUT2D eigenvalue weighted by Gasteiger charge is -2.34. The molecule has 6 aromatic rings. The molecule has 636 valence electrons. The Morgan fingerprint density at radius 1 is 0.560 bits per heavy atom. The van der Waals surface area contributed by atoms with Crippen LogP contribution in [-0.4, -0.2) is 144 Å². The average Bonchev–Trinajstić information content (AvgIpc) is 1.56. The molecule has 0 saturated carbocycles. The zero-order chi connectivity index (χ0) is 86.2. The van der Waals surface area contributed by atoms with Crippen LogP contribution in [0.3, 0.4) is 0 Å². The van der Waals surface area contributed by atoms with Crippen LogP contribution >= 0.6 is 11.6 Å². The van der Waals surface area contributed by atoms with E-state index in [0.717, 1.165) is 82.3 Å². The molecule has 3 fully saturated rings. The Morgan fingerprint density at radius 3 is 1.42 bits per heavy atom. The van der Waals surface area contributed by atoms with Gasteiger partial charge in [0.25, 0.3) is 47.8 Å². The van der Waals surface area contributed by atoms with E-state index >= 15 is 0 Å². The van der Waals surface area contributed by atoms with Crippen molar-refractivity contribution in [2.24, 2.45) is 35.5 Å². The number of nitrogens with zero attached hydrogens (tertiary/aromatic N) is 9. The molecule has 5 aliphatic heterocycles. The second-order valence-corrected chi connectivity index (χ2v) is 44.2. The molecule has 30 heteroatoms. The Bertz CT molecular complexity index is 4740. The first-order valence-corrected chi connectivity index (χ1v) is 45.4. The van der Waals surface area contributed by atoms with Gasteiger partial charge in [0.15, 0.2) is 15.1 Å². The Labute approximate surface area is 694 Å². The number of carbonyl (C=O) groups excluding carboxylic acids is 4. The van der Waals surface area contributed by atoms with E-state index < -0.39 is 53.4 Å². The molecule has 3 unspecified atom stereocenters. The van der Waals surface area contributed by atoms with Crippen molar-refractivity contribution in [3.05, 3.63) is 130 Å². The fraction of sp³-hybridized carbons (Fsp3) is 0.605. The van der Waals surface area contributed by atoms with Gasteiger partial charge in [-0.1, -0.05) is 134 Å². The summed E-state index contributed by atoms with van der Waals surface area (Å²) in [5.74, 6) is 2.20. The van der Waals surface area contributed by atoms with Crippen molar-refractivity contribution in [1.82, 2.24) is 49.0 Å². The third-order valence-electron chi connectivity index (χ3n) is 22.4. The van der Waals surface area contributed by atoms with Crippen LogP contribution in [0.4, 0.5) is 33.9 Å². The van der Waals surface area contributed by atoms with Crippen molar-refractivity contribution < 1.29 is 49.2 Å². The van der Waals surface area contributed by atoms with Gasteiger partial charge in [0.05, 0.1) is 16.7 Å². The summed E-state index contributed by atoms with van der Waals surface area (Å²) in [5, 5.41) is 9.52. The molecule has 6 atom stereocenters. The van der Waals surface area contributed by atoms with E-state index in [1.807, 2.05) is 58.6 Å². The van der Waals surface area contributed by atoms with E-state index in [1.165, 1.54) is 24.3 Å². The molecule has 4 amide bonds. The number of likely N-dealkylation sites (tertiary alicyclic amines) is 1. The van der Waals surface area contributed by atoms with Gasteiger partial charge < -0.3 is 35.4 Å². The van der Waals surface area contributed by atoms with Gasteiger partial charge in [-0.2, -0.15) is 25.3 Å². The van der Waals surface area contributed by atoms with Crippen LogP contribution in [0.1, 0.15) is 272 Å². The fourth-order valence-electron chi connectivity index (χ4n) is 15.8. The molecule has 8 bridgehead atoms. The lowest BCUT2D eigenvalue weighted by Crippen LogP contribution is -2.45. The molecule has 0 aromatic carbocycles. The van der Waals surface area contributed by atoms with E-state index in [2.05, 4.69) is 184 Å². The number of pyridine rings is 6. The second-order valence-electron chi connectivity index (χ2n) is 39.0. The molecule has 6 aromatic heterocycles. The topological polar surface area (TPSA) is 339 Å². The summed E-state index contributed by atoms with van der Waals surface area (Å²) >= 11 is 6.24. The first-order valence-electron chi connectivity index (χ1n) is 40.6. The highest BCUT2D eigenvalue weighted by molar-refractivity contribution is 7.90. The summed E-state index contributed by atoms with van der Waals surface area (Å²) in [5.41, 5.74) is 0.790. The summed E-state index contributed by atoms with van der Waals surface area (Å²) in [6, 6.07) is 24.7. The molecule has 3 saturated heterocycles. The van der Waals surface area contributed by atoms with E-state index in [9.17, 15) is 44.4 Å². The van der Waals surface area contributed by atoms with Gasteiger partial charge in [0.1, 0.15) is 39.8 Å². The molecule has 0 aliphatic carbocycles. The minimum Gasteiger partial charge on any atom is -0.444 e. The SMILES string of the molecule is CC(C)C(CC[C@@H]1CN(C(=O)OC(C)(C)C)C(C)(C)C1)Nc1cccc(S(=O)(=O)NC(=O)c2ccc(C(C)(C)C)nc2Cl)n1.CC(C)C1CC[C@@H]2CN(c3nc(C(C)(C)C)ccc3C(=O)NS(=O)(=O)c3cccc(n3)N1)C(C)(C)C2.CC(C)C1CC[C@@H]2CN(c3nc(C(C)(C)C)ccc3C(=O)NS(=O)(=O)c3cccc(n3)N1)C(C)(C)C2. The summed E-state index contributed by atoms with van der Waals surface area (Å²) in [6.45, 7) is 51.7. The normalized spacial score (nSPS) is 21.5. The maximum atomic E-state index is 13.4.